The average molecular weight is 261 g/mol. The van der Waals surface area contributed by atoms with Crippen molar-refractivity contribution >= 4 is 23.5 Å². The third kappa shape index (κ3) is 5.39. The van der Waals surface area contributed by atoms with Crippen LogP contribution in [-0.2, 0) is 4.79 Å². The Bertz CT molecular complexity index is 274. The molecule has 0 radical (unpaired) electrons. The average Bonchev–Trinajstić information content (AvgIpc) is 2.14. The van der Waals surface area contributed by atoms with Crippen LogP contribution in [0, 0.1) is 11.8 Å². The molecule has 2 N–H and O–H groups in total. The second-order valence-corrected chi connectivity index (χ2v) is 5.45. The summed E-state index contributed by atoms with van der Waals surface area (Å²) >= 11 is 5.42. The van der Waals surface area contributed by atoms with Crippen molar-refractivity contribution in [1.29, 1.82) is 0 Å². The normalized spacial score (nSPS) is 28.5. The van der Waals surface area contributed by atoms with E-state index in [2.05, 4.69) is 24.5 Å². The van der Waals surface area contributed by atoms with Crippen molar-refractivity contribution < 1.29 is 9.59 Å². The first-order valence-corrected chi connectivity index (χ1v) is 6.71. The highest BCUT2D eigenvalue weighted by Gasteiger charge is 2.25. The van der Waals surface area contributed by atoms with Crippen LogP contribution < -0.4 is 10.6 Å². The number of nitrogens with one attached hydrogen (secondary N) is 2. The lowest BCUT2D eigenvalue weighted by molar-refractivity contribution is -0.119. The minimum Gasteiger partial charge on any atom is -0.335 e. The molecule has 1 aliphatic carbocycles. The summed E-state index contributed by atoms with van der Waals surface area (Å²) in [6, 6.07) is -0.219. The maximum absolute atomic E-state index is 11.5. The van der Waals surface area contributed by atoms with Crippen molar-refractivity contribution in [2.45, 2.75) is 45.6 Å². The van der Waals surface area contributed by atoms with E-state index in [-0.39, 0.29) is 24.2 Å². The van der Waals surface area contributed by atoms with Crippen LogP contribution in [0.3, 0.4) is 0 Å². The second kappa shape index (κ2) is 6.84. The lowest BCUT2D eigenvalue weighted by Gasteiger charge is -2.31. The Morgan fingerprint density at radius 2 is 1.76 bits per heavy atom. The molecule has 2 atom stereocenters. The van der Waals surface area contributed by atoms with E-state index in [9.17, 15) is 9.59 Å². The number of imide groups is 1. The zero-order chi connectivity index (χ0) is 12.8. The van der Waals surface area contributed by atoms with Gasteiger partial charge < -0.3 is 5.32 Å². The van der Waals surface area contributed by atoms with Gasteiger partial charge in [0.15, 0.2) is 0 Å². The van der Waals surface area contributed by atoms with Gasteiger partial charge in [-0.2, -0.15) is 0 Å². The van der Waals surface area contributed by atoms with Crippen LogP contribution in [-0.4, -0.2) is 23.9 Å². The standard InChI is InChI=1S/C12H21ClN2O2/c1-8-5-9(2)7-10(6-8)14-12(17)15-11(16)3-4-13/h8-10H,3-7H2,1-2H3,(H2,14,15,16,17). The summed E-state index contributed by atoms with van der Waals surface area (Å²) in [5.74, 6) is 1.16. The van der Waals surface area contributed by atoms with Crippen molar-refractivity contribution in [1.82, 2.24) is 10.6 Å². The maximum atomic E-state index is 11.5. The molecule has 1 saturated carbocycles. The molecule has 0 saturated heterocycles. The zero-order valence-electron chi connectivity index (χ0n) is 10.5. The fraction of sp³-hybridized carbons (Fsp3) is 0.833. The monoisotopic (exact) mass is 260 g/mol. The van der Waals surface area contributed by atoms with Gasteiger partial charge in [-0.25, -0.2) is 4.79 Å². The van der Waals surface area contributed by atoms with Gasteiger partial charge in [-0.05, 0) is 31.1 Å². The summed E-state index contributed by atoms with van der Waals surface area (Å²) in [7, 11) is 0. The molecule has 5 heteroatoms. The molecule has 1 rings (SSSR count). The van der Waals surface area contributed by atoms with Gasteiger partial charge in [0.2, 0.25) is 5.91 Å². The van der Waals surface area contributed by atoms with Gasteiger partial charge in [-0.1, -0.05) is 13.8 Å². The molecule has 0 aromatic carbocycles. The molecule has 2 unspecified atom stereocenters. The number of carbonyl (C=O) groups is 2. The smallest absolute Gasteiger partial charge is 0.321 e. The Labute approximate surface area is 107 Å². The summed E-state index contributed by atoms with van der Waals surface area (Å²) in [4.78, 5) is 22.7. The number of halogens is 1. The van der Waals surface area contributed by atoms with E-state index in [0.717, 1.165) is 12.8 Å². The van der Waals surface area contributed by atoms with E-state index in [0.29, 0.717) is 11.8 Å². The molecule has 1 aliphatic rings. The Kier molecular flexibility index (Phi) is 5.75. The second-order valence-electron chi connectivity index (χ2n) is 5.07. The van der Waals surface area contributed by atoms with E-state index in [1.54, 1.807) is 0 Å². The number of hydrogen-bond donors (Lipinski definition) is 2. The van der Waals surface area contributed by atoms with Gasteiger partial charge in [0.1, 0.15) is 0 Å². The number of hydrogen-bond acceptors (Lipinski definition) is 2. The lowest BCUT2D eigenvalue weighted by atomic mass is 9.80. The first kappa shape index (κ1) is 14.3. The highest BCUT2D eigenvalue weighted by atomic mass is 35.5. The number of rotatable bonds is 3. The minimum absolute atomic E-state index is 0.173. The van der Waals surface area contributed by atoms with Crippen molar-refractivity contribution in [3.8, 4) is 0 Å². The van der Waals surface area contributed by atoms with Crippen molar-refractivity contribution in [3.05, 3.63) is 0 Å². The Hall–Kier alpha value is -0.770. The van der Waals surface area contributed by atoms with Crippen LogP contribution in [0.1, 0.15) is 39.5 Å². The fourth-order valence-electron chi connectivity index (χ4n) is 2.56. The lowest BCUT2D eigenvalue weighted by Crippen LogP contribution is -2.46. The van der Waals surface area contributed by atoms with E-state index in [4.69, 9.17) is 11.6 Å². The highest BCUT2D eigenvalue weighted by Crippen LogP contribution is 2.28. The van der Waals surface area contributed by atoms with Crippen molar-refractivity contribution in [3.63, 3.8) is 0 Å². The Morgan fingerprint density at radius 1 is 1.18 bits per heavy atom. The molecule has 4 nitrogen and oxygen atoms in total. The van der Waals surface area contributed by atoms with Crippen LogP contribution in [0.25, 0.3) is 0 Å². The molecule has 0 spiro atoms. The molecule has 1 fully saturated rings. The van der Waals surface area contributed by atoms with E-state index in [1.165, 1.54) is 6.42 Å². The van der Waals surface area contributed by atoms with Gasteiger partial charge in [-0.15, -0.1) is 11.6 Å². The van der Waals surface area contributed by atoms with E-state index in [1.807, 2.05) is 0 Å². The van der Waals surface area contributed by atoms with Crippen LogP contribution in [0.2, 0.25) is 0 Å². The summed E-state index contributed by atoms with van der Waals surface area (Å²) < 4.78 is 0. The van der Waals surface area contributed by atoms with Crippen LogP contribution in [0.15, 0.2) is 0 Å². The third-order valence-electron chi connectivity index (χ3n) is 3.09. The van der Waals surface area contributed by atoms with Crippen molar-refractivity contribution in [2.75, 3.05) is 5.88 Å². The first-order valence-electron chi connectivity index (χ1n) is 6.17. The zero-order valence-corrected chi connectivity index (χ0v) is 11.2. The molecule has 3 amide bonds. The number of urea groups is 1. The van der Waals surface area contributed by atoms with Crippen molar-refractivity contribution in [2.24, 2.45) is 11.8 Å². The fourth-order valence-corrected chi connectivity index (χ4v) is 2.73. The Morgan fingerprint density at radius 3 is 2.29 bits per heavy atom. The van der Waals surface area contributed by atoms with Crippen LogP contribution in [0.5, 0.6) is 0 Å². The summed E-state index contributed by atoms with van der Waals surface area (Å²) in [5.41, 5.74) is 0. The molecule has 98 valence electrons. The summed E-state index contributed by atoms with van der Waals surface area (Å²) in [6.45, 7) is 4.39. The largest absolute Gasteiger partial charge is 0.335 e. The topological polar surface area (TPSA) is 58.2 Å². The predicted molar refractivity (Wildman–Crippen MR) is 68.0 cm³/mol. The van der Waals surface area contributed by atoms with Gasteiger partial charge in [0, 0.05) is 18.3 Å². The molecule has 0 bridgehead atoms. The minimum atomic E-state index is -0.397. The van der Waals surface area contributed by atoms with Crippen LogP contribution in [0.4, 0.5) is 4.79 Å². The van der Waals surface area contributed by atoms with Gasteiger partial charge in [0.05, 0.1) is 0 Å². The third-order valence-corrected chi connectivity index (χ3v) is 3.28. The van der Waals surface area contributed by atoms with Gasteiger partial charge >= 0.3 is 6.03 Å². The predicted octanol–water partition coefficient (Wildman–Crippen LogP) is 2.27. The van der Waals surface area contributed by atoms with E-state index >= 15 is 0 Å². The number of alkyl halides is 1. The molecule has 17 heavy (non-hydrogen) atoms. The highest BCUT2D eigenvalue weighted by molar-refractivity contribution is 6.19. The maximum Gasteiger partial charge on any atom is 0.321 e. The molecule has 0 heterocycles. The molecular formula is C12H21ClN2O2. The Balaban J connectivity index is 2.32. The quantitative estimate of drug-likeness (QED) is 0.765. The summed E-state index contributed by atoms with van der Waals surface area (Å²) in [6.07, 6.45) is 3.36. The SMILES string of the molecule is CC1CC(C)CC(NC(=O)NC(=O)CCCl)C1. The molecule has 0 aliphatic heterocycles. The molecule has 0 aromatic heterocycles. The first-order chi connectivity index (χ1) is 8.01. The van der Waals surface area contributed by atoms with Crippen LogP contribution >= 0.6 is 11.6 Å². The number of amides is 3. The molecular weight excluding hydrogens is 240 g/mol. The van der Waals surface area contributed by atoms with Gasteiger partial charge in [-0.3, -0.25) is 10.1 Å². The molecule has 0 aromatic rings. The summed E-state index contributed by atoms with van der Waals surface area (Å²) in [5, 5.41) is 5.14. The number of carbonyl (C=O) groups excluding carboxylic acids is 2. The van der Waals surface area contributed by atoms with E-state index < -0.39 is 6.03 Å². The van der Waals surface area contributed by atoms with Gasteiger partial charge in [0.25, 0.3) is 0 Å².